The summed E-state index contributed by atoms with van der Waals surface area (Å²) in [6.45, 7) is 5.06. The predicted molar refractivity (Wildman–Crippen MR) is 62.3 cm³/mol. The van der Waals surface area contributed by atoms with Crippen LogP contribution in [0.3, 0.4) is 0 Å². The Labute approximate surface area is 97.8 Å². The number of aliphatic hydroxyl groups is 1. The number of halogens is 1. The molecule has 0 saturated heterocycles. The minimum absolute atomic E-state index is 0.00861. The van der Waals surface area contributed by atoms with Crippen LogP contribution in [-0.4, -0.2) is 17.3 Å². The van der Waals surface area contributed by atoms with Gasteiger partial charge in [-0.3, -0.25) is 0 Å². The third-order valence-corrected chi connectivity index (χ3v) is 3.13. The molecule has 0 aliphatic rings. The van der Waals surface area contributed by atoms with Crippen molar-refractivity contribution in [1.82, 2.24) is 0 Å². The highest BCUT2D eigenvalue weighted by Gasteiger charge is 2.25. The predicted octanol–water partition coefficient (Wildman–Crippen LogP) is 2.70. The fraction of sp³-hybridized carbons (Fsp3) is 0.455. The zero-order valence-electron chi connectivity index (χ0n) is 9.26. The van der Waals surface area contributed by atoms with Gasteiger partial charge < -0.3 is 14.9 Å². The third kappa shape index (κ3) is 2.26. The molecule has 1 aromatic carbocycles. The van der Waals surface area contributed by atoms with Crippen LogP contribution in [0.5, 0.6) is 11.5 Å². The van der Waals surface area contributed by atoms with Crippen LogP contribution in [0.2, 0.25) is 0 Å². The number of aromatic hydroxyl groups is 1. The lowest BCUT2D eigenvalue weighted by Gasteiger charge is -2.22. The Hall–Kier alpha value is -0.740. The molecule has 2 N–H and O–H groups in total. The van der Waals surface area contributed by atoms with Crippen LogP contribution in [0.1, 0.15) is 25.0 Å². The Morgan fingerprint density at radius 1 is 1.40 bits per heavy atom. The molecule has 0 fully saturated rings. The Morgan fingerprint density at radius 2 is 1.93 bits per heavy atom. The normalized spacial score (nSPS) is 11.6. The number of phenolic OH excluding ortho intramolecular Hbond substituents is 1. The van der Waals surface area contributed by atoms with Crippen molar-refractivity contribution in [2.24, 2.45) is 0 Å². The quantitative estimate of drug-likeness (QED) is 0.872. The molecular formula is C11H15BrO3. The smallest absolute Gasteiger partial charge is 0.164 e. The average molecular weight is 275 g/mol. The van der Waals surface area contributed by atoms with E-state index < -0.39 is 5.60 Å². The number of hydrogen-bond acceptors (Lipinski definition) is 3. The molecule has 0 unspecified atom stereocenters. The van der Waals surface area contributed by atoms with Crippen LogP contribution < -0.4 is 4.74 Å². The molecule has 0 heterocycles. The summed E-state index contributed by atoms with van der Waals surface area (Å²) in [5, 5.41) is 19.8. The third-order valence-electron chi connectivity index (χ3n) is 2.30. The van der Waals surface area contributed by atoms with Gasteiger partial charge in [0.05, 0.1) is 12.7 Å². The maximum absolute atomic E-state index is 9.92. The summed E-state index contributed by atoms with van der Waals surface area (Å²) in [6, 6.07) is 1.70. The summed E-state index contributed by atoms with van der Waals surface area (Å²) in [5.41, 5.74) is 0.146. The fourth-order valence-electron chi connectivity index (χ4n) is 1.43. The molecule has 15 heavy (non-hydrogen) atoms. The van der Waals surface area contributed by atoms with Crippen LogP contribution in [0.15, 0.2) is 10.5 Å². The van der Waals surface area contributed by atoms with Gasteiger partial charge >= 0.3 is 0 Å². The largest absolute Gasteiger partial charge is 0.504 e. The first-order valence-electron chi connectivity index (χ1n) is 4.58. The first kappa shape index (κ1) is 12.3. The van der Waals surface area contributed by atoms with E-state index in [1.165, 1.54) is 7.11 Å². The lowest BCUT2D eigenvalue weighted by atomic mass is 9.95. The van der Waals surface area contributed by atoms with Gasteiger partial charge in [-0.15, -0.1) is 0 Å². The molecule has 0 amide bonds. The Bertz CT molecular complexity index is 380. The van der Waals surface area contributed by atoms with Crippen molar-refractivity contribution >= 4 is 15.9 Å². The SMILES string of the molecule is COc1c(C)c(Br)cc(C(C)(C)O)c1O. The Balaban J connectivity index is 3.51. The van der Waals surface area contributed by atoms with Gasteiger partial charge in [-0.2, -0.15) is 0 Å². The average Bonchev–Trinajstić information content (AvgIpc) is 2.10. The molecule has 3 nitrogen and oxygen atoms in total. The molecule has 0 aliphatic carbocycles. The van der Waals surface area contributed by atoms with Gasteiger partial charge in [0, 0.05) is 15.6 Å². The van der Waals surface area contributed by atoms with Gasteiger partial charge in [0.1, 0.15) is 0 Å². The lowest BCUT2D eigenvalue weighted by Crippen LogP contribution is -2.16. The van der Waals surface area contributed by atoms with Crippen molar-refractivity contribution in [1.29, 1.82) is 0 Å². The molecule has 84 valence electrons. The molecule has 0 radical (unpaired) electrons. The van der Waals surface area contributed by atoms with Crippen LogP contribution in [-0.2, 0) is 5.60 Å². The van der Waals surface area contributed by atoms with Gasteiger partial charge in [0.15, 0.2) is 11.5 Å². The van der Waals surface area contributed by atoms with E-state index in [1.807, 2.05) is 6.92 Å². The molecule has 0 aromatic heterocycles. The molecule has 1 aromatic rings. The maximum atomic E-state index is 9.92. The van der Waals surface area contributed by atoms with Crippen molar-refractivity contribution in [2.45, 2.75) is 26.4 Å². The van der Waals surface area contributed by atoms with Crippen molar-refractivity contribution in [3.05, 3.63) is 21.7 Å². The van der Waals surface area contributed by atoms with E-state index in [1.54, 1.807) is 19.9 Å². The summed E-state index contributed by atoms with van der Waals surface area (Å²) in [7, 11) is 1.49. The summed E-state index contributed by atoms with van der Waals surface area (Å²) in [6.07, 6.45) is 0. The van der Waals surface area contributed by atoms with Gasteiger partial charge in [-0.1, -0.05) is 15.9 Å². The van der Waals surface area contributed by atoms with Gasteiger partial charge in [-0.05, 0) is 26.8 Å². The highest BCUT2D eigenvalue weighted by atomic mass is 79.9. The Morgan fingerprint density at radius 3 is 2.33 bits per heavy atom. The zero-order valence-corrected chi connectivity index (χ0v) is 10.8. The Kier molecular flexibility index (Phi) is 3.31. The molecule has 0 aliphatic heterocycles. The first-order chi connectivity index (χ1) is 6.79. The van der Waals surface area contributed by atoms with E-state index in [0.717, 1.165) is 10.0 Å². The molecular weight excluding hydrogens is 260 g/mol. The van der Waals surface area contributed by atoms with E-state index in [9.17, 15) is 10.2 Å². The molecule has 0 spiro atoms. The number of ether oxygens (including phenoxy) is 1. The summed E-state index contributed by atoms with van der Waals surface area (Å²) in [5.74, 6) is 0.382. The number of benzene rings is 1. The van der Waals surface area contributed by atoms with Gasteiger partial charge in [-0.25, -0.2) is 0 Å². The highest BCUT2D eigenvalue weighted by molar-refractivity contribution is 9.10. The second-order valence-electron chi connectivity index (χ2n) is 3.97. The van der Waals surface area contributed by atoms with Gasteiger partial charge in [0.25, 0.3) is 0 Å². The second kappa shape index (κ2) is 4.02. The van der Waals surface area contributed by atoms with Gasteiger partial charge in [0.2, 0.25) is 0 Å². The van der Waals surface area contributed by atoms with Crippen molar-refractivity contribution in [3.63, 3.8) is 0 Å². The van der Waals surface area contributed by atoms with E-state index in [0.29, 0.717) is 11.3 Å². The number of hydrogen-bond donors (Lipinski definition) is 2. The number of phenols is 1. The van der Waals surface area contributed by atoms with E-state index in [4.69, 9.17) is 4.74 Å². The molecule has 0 atom stereocenters. The summed E-state index contributed by atoms with van der Waals surface area (Å²) >= 11 is 3.36. The van der Waals surface area contributed by atoms with Crippen LogP contribution >= 0.6 is 15.9 Å². The maximum Gasteiger partial charge on any atom is 0.164 e. The fourth-order valence-corrected chi connectivity index (χ4v) is 1.84. The topological polar surface area (TPSA) is 49.7 Å². The summed E-state index contributed by atoms with van der Waals surface area (Å²) in [4.78, 5) is 0. The van der Waals surface area contributed by atoms with E-state index >= 15 is 0 Å². The van der Waals surface area contributed by atoms with Crippen molar-refractivity contribution in [2.75, 3.05) is 7.11 Å². The lowest BCUT2D eigenvalue weighted by molar-refractivity contribution is 0.0752. The minimum Gasteiger partial charge on any atom is -0.504 e. The highest BCUT2D eigenvalue weighted by Crippen LogP contribution is 2.42. The number of rotatable bonds is 2. The van der Waals surface area contributed by atoms with E-state index in [-0.39, 0.29) is 5.75 Å². The standard InChI is InChI=1S/C11H15BrO3/c1-6-8(12)5-7(11(2,3)14)9(13)10(6)15-4/h5,13-14H,1-4H3. The van der Waals surface area contributed by atoms with E-state index in [2.05, 4.69) is 15.9 Å². The molecule has 1 rings (SSSR count). The van der Waals surface area contributed by atoms with Crippen LogP contribution in [0, 0.1) is 6.92 Å². The zero-order chi connectivity index (χ0) is 11.8. The molecule has 0 bridgehead atoms. The first-order valence-corrected chi connectivity index (χ1v) is 5.37. The van der Waals surface area contributed by atoms with Crippen LogP contribution in [0.4, 0.5) is 0 Å². The monoisotopic (exact) mass is 274 g/mol. The minimum atomic E-state index is -1.10. The molecule has 4 heteroatoms. The van der Waals surface area contributed by atoms with Crippen molar-refractivity contribution in [3.8, 4) is 11.5 Å². The van der Waals surface area contributed by atoms with Crippen molar-refractivity contribution < 1.29 is 14.9 Å². The number of methoxy groups -OCH3 is 1. The van der Waals surface area contributed by atoms with Crippen LogP contribution in [0.25, 0.3) is 0 Å². The summed E-state index contributed by atoms with van der Waals surface area (Å²) < 4.78 is 5.90. The second-order valence-corrected chi connectivity index (χ2v) is 4.83. The molecule has 0 saturated carbocycles.